The van der Waals surface area contributed by atoms with Crippen LogP contribution < -0.4 is 5.56 Å². The maximum atomic E-state index is 12.4. The van der Waals surface area contributed by atoms with Gasteiger partial charge in [0.1, 0.15) is 5.82 Å². The zero-order valence-corrected chi connectivity index (χ0v) is 18.4. The lowest BCUT2D eigenvalue weighted by molar-refractivity contribution is -0.0678. The number of aromatic nitrogens is 4. The lowest BCUT2D eigenvalue weighted by atomic mass is 9.85. The van der Waals surface area contributed by atoms with Crippen LogP contribution in [0.15, 0.2) is 29.3 Å². The first kappa shape index (κ1) is 20.8. The standard InChI is InChI=1S/C24H33N5O2/c1-2-3-4-22-25-13-17(14-26-22)15-28-19-7-8-20(28)12-24(31,11-19)16-29-23(30)10-9-21(27-29)18-5-6-18/h9-10,13-14,18-20,31H,2-8,11-12,15-16H2,1H3/t19-,20-/m0/s1. The number of aliphatic hydroxyl groups is 1. The van der Waals surface area contributed by atoms with E-state index in [2.05, 4.69) is 26.9 Å². The van der Waals surface area contributed by atoms with Gasteiger partial charge >= 0.3 is 0 Å². The van der Waals surface area contributed by atoms with Gasteiger partial charge in [0, 0.05) is 55.0 Å². The molecule has 1 saturated carbocycles. The number of hydrogen-bond acceptors (Lipinski definition) is 6. The van der Waals surface area contributed by atoms with Crippen LogP contribution in [0.1, 0.15) is 81.3 Å². The first-order valence-electron chi connectivity index (χ1n) is 11.9. The van der Waals surface area contributed by atoms with Gasteiger partial charge in [-0.05, 0) is 51.0 Å². The van der Waals surface area contributed by atoms with Crippen LogP contribution in [-0.4, -0.2) is 47.4 Å². The zero-order valence-electron chi connectivity index (χ0n) is 18.4. The Bertz CT molecular complexity index is 955. The molecule has 2 bridgehead atoms. The Morgan fingerprint density at radius 3 is 2.45 bits per heavy atom. The van der Waals surface area contributed by atoms with Gasteiger partial charge in [-0.15, -0.1) is 0 Å². The molecule has 3 aliphatic rings. The molecule has 1 N–H and O–H groups in total. The molecule has 2 aliphatic heterocycles. The van der Waals surface area contributed by atoms with Gasteiger partial charge in [-0.1, -0.05) is 13.3 Å². The fourth-order valence-electron chi connectivity index (χ4n) is 5.39. The molecule has 0 amide bonds. The van der Waals surface area contributed by atoms with Crippen molar-refractivity contribution in [3.63, 3.8) is 0 Å². The normalized spacial score (nSPS) is 28.2. The van der Waals surface area contributed by atoms with E-state index in [9.17, 15) is 9.90 Å². The monoisotopic (exact) mass is 423 g/mol. The zero-order chi connectivity index (χ0) is 21.4. The highest BCUT2D eigenvalue weighted by Gasteiger charge is 2.47. The lowest BCUT2D eigenvalue weighted by Gasteiger charge is -2.43. The summed E-state index contributed by atoms with van der Waals surface area (Å²) in [5.74, 6) is 1.42. The second kappa shape index (κ2) is 8.43. The quantitative estimate of drug-likeness (QED) is 0.703. The molecule has 0 aromatic carbocycles. The van der Waals surface area contributed by atoms with Crippen molar-refractivity contribution in [1.29, 1.82) is 0 Å². The summed E-state index contributed by atoms with van der Waals surface area (Å²) in [5.41, 5.74) is 1.14. The molecule has 2 aromatic rings. The van der Waals surface area contributed by atoms with E-state index >= 15 is 0 Å². The van der Waals surface area contributed by atoms with E-state index in [0.29, 0.717) is 37.4 Å². The number of piperidine rings is 1. The molecule has 31 heavy (non-hydrogen) atoms. The van der Waals surface area contributed by atoms with Crippen LogP contribution >= 0.6 is 0 Å². The van der Waals surface area contributed by atoms with Crippen LogP contribution in [0.25, 0.3) is 0 Å². The second-order valence-corrected chi connectivity index (χ2v) is 9.83. The molecule has 2 atom stereocenters. The Balaban J connectivity index is 1.25. The number of unbranched alkanes of at least 4 members (excludes halogenated alkanes) is 1. The van der Waals surface area contributed by atoms with E-state index in [1.165, 1.54) is 4.68 Å². The second-order valence-electron chi connectivity index (χ2n) is 9.83. The number of aryl methyl sites for hydroxylation is 1. The van der Waals surface area contributed by atoms with E-state index in [0.717, 1.165) is 68.6 Å². The molecule has 7 heteroatoms. The molecule has 5 rings (SSSR count). The maximum Gasteiger partial charge on any atom is 0.266 e. The van der Waals surface area contributed by atoms with Crippen molar-refractivity contribution in [2.75, 3.05) is 0 Å². The van der Waals surface area contributed by atoms with E-state index in [1.54, 1.807) is 6.07 Å². The molecular formula is C24H33N5O2. The molecule has 7 nitrogen and oxygen atoms in total. The van der Waals surface area contributed by atoms with Crippen LogP contribution in [0, 0.1) is 0 Å². The highest BCUT2D eigenvalue weighted by atomic mass is 16.3. The van der Waals surface area contributed by atoms with Crippen molar-refractivity contribution in [2.24, 2.45) is 0 Å². The van der Waals surface area contributed by atoms with Gasteiger partial charge in [0.25, 0.3) is 5.56 Å². The third kappa shape index (κ3) is 4.58. The Morgan fingerprint density at radius 2 is 1.81 bits per heavy atom. The van der Waals surface area contributed by atoms with Crippen LogP contribution in [0.4, 0.5) is 0 Å². The van der Waals surface area contributed by atoms with Crippen molar-refractivity contribution >= 4 is 0 Å². The van der Waals surface area contributed by atoms with Gasteiger partial charge in [0.2, 0.25) is 0 Å². The Morgan fingerprint density at radius 1 is 1.10 bits per heavy atom. The SMILES string of the molecule is CCCCc1ncc(CN2[C@H]3CC[C@H]2CC(O)(Cn2nc(C4CC4)ccc2=O)C3)cn1. The van der Waals surface area contributed by atoms with E-state index in [-0.39, 0.29) is 5.56 Å². The molecule has 4 heterocycles. The maximum absolute atomic E-state index is 12.4. The third-order valence-corrected chi connectivity index (χ3v) is 7.21. The van der Waals surface area contributed by atoms with E-state index < -0.39 is 5.60 Å². The van der Waals surface area contributed by atoms with Gasteiger partial charge in [-0.3, -0.25) is 9.69 Å². The van der Waals surface area contributed by atoms with Crippen molar-refractivity contribution in [3.05, 3.63) is 52.0 Å². The topological polar surface area (TPSA) is 84.1 Å². The molecule has 0 radical (unpaired) electrons. The average molecular weight is 424 g/mol. The van der Waals surface area contributed by atoms with Gasteiger partial charge in [0.05, 0.1) is 17.8 Å². The third-order valence-electron chi connectivity index (χ3n) is 7.21. The van der Waals surface area contributed by atoms with Crippen molar-refractivity contribution in [3.8, 4) is 0 Å². The van der Waals surface area contributed by atoms with Crippen LogP contribution in [0.5, 0.6) is 0 Å². The summed E-state index contributed by atoms with van der Waals surface area (Å²) in [6.45, 7) is 3.30. The largest absolute Gasteiger partial charge is 0.388 e. The highest BCUT2D eigenvalue weighted by Crippen LogP contribution is 2.42. The molecule has 0 unspecified atom stereocenters. The predicted octanol–water partition coefficient (Wildman–Crippen LogP) is 2.81. The Labute approximate surface area is 183 Å². The first-order valence-corrected chi connectivity index (χ1v) is 11.9. The minimum atomic E-state index is -0.873. The number of hydrogen-bond donors (Lipinski definition) is 1. The van der Waals surface area contributed by atoms with Gasteiger partial charge in [-0.25, -0.2) is 14.6 Å². The van der Waals surface area contributed by atoms with Crippen LogP contribution in [0.2, 0.25) is 0 Å². The fourth-order valence-corrected chi connectivity index (χ4v) is 5.39. The summed E-state index contributed by atoms with van der Waals surface area (Å²) >= 11 is 0. The summed E-state index contributed by atoms with van der Waals surface area (Å²) in [7, 11) is 0. The van der Waals surface area contributed by atoms with E-state index in [1.807, 2.05) is 18.5 Å². The number of rotatable bonds is 8. The summed E-state index contributed by atoms with van der Waals surface area (Å²) in [6.07, 6.45) is 13.0. The van der Waals surface area contributed by atoms with E-state index in [4.69, 9.17) is 0 Å². The highest BCUT2D eigenvalue weighted by molar-refractivity contribution is 5.13. The molecule has 2 aromatic heterocycles. The molecular weight excluding hydrogens is 390 g/mol. The lowest BCUT2D eigenvalue weighted by Crippen LogP contribution is -2.53. The summed E-state index contributed by atoms with van der Waals surface area (Å²) in [6, 6.07) is 4.11. The molecule has 0 spiro atoms. The molecule has 3 fully saturated rings. The summed E-state index contributed by atoms with van der Waals surface area (Å²) in [5, 5.41) is 16.0. The Kier molecular flexibility index (Phi) is 5.65. The van der Waals surface area contributed by atoms with Crippen LogP contribution in [0.3, 0.4) is 0 Å². The van der Waals surface area contributed by atoms with Crippen molar-refractivity contribution in [1.82, 2.24) is 24.6 Å². The molecule has 2 saturated heterocycles. The van der Waals surface area contributed by atoms with Crippen molar-refractivity contribution in [2.45, 2.75) is 101 Å². The smallest absolute Gasteiger partial charge is 0.266 e. The predicted molar refractivity (Wildman–Crippen MR) is 118 cm³/mol. The van der Waals surface area contributed by atoms with Gasteiger partial charge < -0.3 is 5.11 Å². The van der Waals surface area contributed by atoms with Crippen LogP contribution in [-0.2, 0) is 19.5 Å². The minimum Gasteiger partial charge on any atom is -0.388 e. The summed E-state index contributed by atoms with van der Waals surface area (Å²) in [4.78, 5) is 24.0. The van der Waals surface area contributed by atoms with Gasteiger partial charge in [-0.2, -0.15) is 5.10 Å². The molecule has 1 aliphatic carbocycles. The minimum absolute atomic E-state index is 0.118. The fraction of sp³-hybridized carbons (Fsp3) is 0.667. The average Bonchev–Trinajstić information content (AvgIpc) is 3.57. The first-order chi connectivity index (χ1) is 15.0. The summed E-state index contributed by atoms with van der Waals surface area (Å²) < 4.78 is 1.51. The Hall–Kier alpha value is -2.12. The van der Waals surface area contributed by atoms with Crippen molar-refractivity contribution < 1.29 is 5.11 Å². The van der Waals surface area contributed by atoms with Gasteiger partial charge in [0.15, 0.2) is 0 Å². The number of fused-ring (bicyclic) bond motifs is 2. The number of nitrogens with zero attached hydrogens (tertiary/aromatic N) is 5. The molecule has 166 valence electrons.